The van der Waals surface area contributed by atoms with Gasteiger partial charge in [-0.3, -0.25) is 10.7 Å². The van der Waals surface area contributed by atoms with E-state index < -0.39 is 5.79 Å². The van der Waals surface area contributed by atoms with E-state index in [4.69, 9.17) is 5.73 Å². The molecule has 0 bridgehead atoms. The Morgan fingerprint density at radius 3 is 2.75 bits per heavy atom. The molecule has 2 nitrogen and oxygen atoms in total. The summed E-state index contributed by atoms with van der Waals surface area (Å²) in [6, 6.07) is 0. The molecule has 0 radical (unpaired) electrons. The van der Waals surface area contributed by atoms with Crippen molar-refractivity contribution in [2.24, 2.45) is 10.7 Å². The first-order valence-electron chi connectivity index (χ1n) is 2.38. The normalized spacial score (nSPS) is 35.8. The number of halogens is 1. The highest BCUT2D eigenvalue weighted by atomic mass is 19.1. The standard InChI is InChI=1S/C5H7FN2/c6-5(7)1-3-8-4-2-5/h1,3-4H,2,7H2. The summed E-state index contributed by atoms with van der Waals surface area (Å²) in [7, 11) is 0. The van der Waals surface area contributed by atoms with Gasteiger partial charge in [0.15, 0.2) is 5.79 Å². The second-order valence-corrected chi connectivity index (χ2v) is 1.78. The van der Waals surface area contributed by atoms with Crippen LogP contribution in [0.4, 0.5) is 4.39 Å². The number of nitrogens with two attached hydrogens (primary N) is 1. The predicted molar refractivity (Wildman–Crippen MR) is 30.3 cm³/mol. The van der Waals surface area contributed by atoms with Crippen LogP contribution in [0.15, 0.2) is 17.3 Å². The van der Waals surface area contributed by atoms with Crippen molar-refractivity contribution >= 4 is 6.21 Å². The van der Waals surface area contributed by atoms with Gasteiger partial charge in [0.2, 0.25) is 0 Å². The number of nitrogens with zero attached hydrogens (tertiary/aromatic N) is 1. The second kappa shape index (κ2) is 1.67. The number of hydrogen-bond acceptors (Lipinski definition) is 2. The third-order valence-corrected chi connectivity index (χ3v) is 0.947. The third kappa shape index (κ3) is 1.13. The molecule has 44 valence electrons. The SMILES string of the molecule is NC1(F)C=CN=CC1. The summed E-state index contributed by atoms with van der Waals surface area (Å²) in [4.78, 5) is 3.65. The van der Waals surface area contributed by atoms with Gasteiger partial charge in [-0.05, 0) is 6.08 Å². The fourth-order valence-electron chi connectivity index (χ4n) is 0.488. The molecule has 0 aromatic carbocycles. The van der Waals surface area contributed by atoms with Crippen LogP contribution in [0.25, 0.3) is 0 Å². The van der Waals surface area contributed by atoms with E-state index in [2.05, 4.69) is 4.99 Å². The van der Waals surface area contributed by atoms with Crippen LogP contribution in [0.1, 0.15) is 6.42 Å². The van der Waals surface area contributed by atoms with Crippen LogP contribution in [0.2, 0.25) is 0 Å². The smallest absolute Gasteiger partial charge is 0.184 e. The first-order valence-corrected chi connectivity index (χ1v) is 2.38. The molecule has 3 heteroatoms. The van der Waals surface area contributed by atoms with Gasteiger partial charge in [0.05, 0.1) is 0 Å². The van der Waals surface area contributed by atoms with Crippen molar-refractivity contribution in [2.45, 2.75) is 12.2 Å². The largest absolute Gasteiger partial charge is 0.295 e. The van der Waals surface area contributed by atoms with Crippen LogP contribution in [0.3, 0.4) is 0 Å². The number of rotatable bonds is 0. The first kappa shape index (κ1) is 5.44. The van der Waals surface area contributed by atoms with Crippen LogP contribution in [0, 0.1) is 0 Å². The van der Waals surface area contributed by atoms with Gasteiger partial charge in [0.1, 0.15) is 0 Å². The minimum Gasteiger partial charge on any atom is -0.295 e. The molecule has 8 heavy (non-hydrogen) atoms. The van der Waals surface area contributed by atoms with Gasteiger partial charge in [-0.15, -0.1) is 0 Å². The Hall–Kier alpha value is -0.700. The van der Waals surface area contributed by atoms with Gasteiger partial charge in [0.25, 0.3) is 0 Å². The van der Waals surface area contributed by atoms with Crippen molar-refractivity contribution in [3.8, 4) is 0 Å². The quantitative estimate of drug-likeness (QED) is 0.460. The van der Waals surface area contributed by atoms with Gasteiger partial charge >= 0.3 is 0 Å². The Morgan fingerprint density at radius 2 is 2.50 bits per heavy atom. The van der Waals surface area contributed by atoms with E-state index in [0.717, 1.165) is 0 Å². The average molecular weight is 114 g/mol. The molecule has 0 fully saturated rings. The molecule has 0 aromatic rings. The Balaban J connectivity index is 2.65. The van der Waals surface area contributed by atoms with E-state index in [0.29, 0.717) is 0 Å². The summed E-state index contributed by atoms with van der Waals surface area (Å²) >= 11 is 0. The van der Waals surface area contributed by atoms with Crippen molar-refractivity contribution < 1.29 is 4.39 Å². The molecule has 1 aliphatic heterocycles. The second-order valence-electron chi connectivity index (χ2n) is 1.78. The monoisotopic (exact) mass is 114 g/mol. The van der Waals surface area contributed by atoms with Gasteiger partial charge in [0, 0.05) is 18.8 Å². The van der Waals surface area contributed by atoms with E-state index in [1.807, 2.05) is 0 Å². The van der Waals surface area contributed by atoms with Crippen LogP contribution < -0.4 is 5.73 Å². The summed E-state index contributed by atoms with van der Waals surface area (Å²) in [6.07, 6.45) is 4.25. The molecule has 1 rings (SSSR count). The summed E-state index contributed by atoms with van der Waals surface area (Å²) < 4.78 is 12.5. The summed E-state index contributed by atoms with van der Waals surface area (Å²) in [5, 5.41) is 0. The Morgan fingerprint density at radius 1 is 1.75 bits per heavy atom. The van der Waals surface area contributed by atoms with Gasteiger partial charge in [-0.25, -0.2) is 4.39 Å². The van der Waals surface area contributed by atoms with Crippen LogP contribution in [0.5, 0.6) is 0 Å². The zero-order valence-corrected chi connectivity index (χ0v) is 4.34. The minimum atomic E-state index is -1.65. The molecule has 0 spiro atoms. The molecule has 0 aliphatic carbocycles. The van der Waals surface area contributed by atoms with E-state index >= 15 is 0 Å². The lowest BCUT2D eigenvalue weighted by Crippen LogP contribution is -2.33. The van der Waals surface area contributed by atoms with Crippen molar-refractivity contribution in [1.29, 1.82) is 0 Å². The summed E-state index contributed by atoms with van der Waals surface area (Å²) in [5.74, 6) is -1.65. The zero-order chi connectivity index (χ0) is 6.04. The van der Waals surface area contributed by atoms with E-state index in [-0.39, 0.29) is 6.42 Å². The molecule has 0 aromatic heterocycles. The highest BCUT2D eigenvalue weighted by Gasteiger charge is 2.19. The minimum absolute atomic E-state index is 0.184. The molecule has 0 amide bonds. The Labute approximate surface area is 46.9 Å². The van der Waals surface area contributed by atoms with Gasteiger partial charge in [-0.2, -0.15) is 0 Å². The van der Waals surface area contributed by atoms with Crippen LogP contribution >= 0.6 is 0 Å². The summed E-state index contributed by atoms with van der Waals surface area (Å²) in [5.41, 5.74) is 5.03. The van der Waals surface area contributed by atoms with E-state index in [9.17, 15) is 4.39 Å². The molecule has 1 unspecified atom stereocenters. The molecule has 1 heterocycles. The van der Waals surface area contributed by atoms with Crippen molar-refractivity contribution in [2.75, 3.05) is 0 Å². The Kier molecular flexibility index (Phi) is 1.13. The summed E-state index contributed by atoms with van der Waals surface area (Å²) in [6.45, 7) is 0. The lowest BCUT2D eigenvalue weighted by Gasteiger charge is -2.13. The van der Waals surface area contributed by atoms with Gasteiger partial charge in [-0.1, -0.05) is 0 Å². The van der Waals surface area contributed by atoms with Crippen molar-refractivity contribution in [1.82, 2.24) is 0 Å². The highest BCUT2D eigenvalue weighted by molar-refractivity contribution is 5.61. The molecular formula is C5H7FN2. The fraction of sp³-hybridized carbons (Fsp3) is 0.400. The number of alkyl halides is 1. The maximum absolute atomic E-state index is 12.5. The average Bonchev–Trinajstić information content (AvgIpc) is 1.65. The fourth-order valence-corrected chi connectivity index (χ4v) is 0.488. The van der Waals surface area contributed by atoms with Crippen LogP contribution in [-0.2, 0) is 0 Å². The molecule has 0 saturated heterocycles. The van der Waals surface area contributed by atoms with E-state index in [1.165, 1.54) is 18.5 Å². The highest BCUT2D eigenvalue weighted by Crippen LogP contribution is 2.11. The number of hydrogen-bond donors (Lipinski definition) is 1. The maximum atomic E-state index is 12.5. The van der Waals surface area contributed by atoms with Crippen LogP contribution in [-0.4, -0.2) is 12.0 Å². The predicted octanol–water partition coefficient (Wildman–Crippen LogP) is 0.599. The molecule has 0 saturated carbocycles. The molecular weight excluding hydrogens is 107 g/mol. The lowest BCUT2D eigenvalue weighted by atomic mass is 10.2. The topological polar surface area (TPSA) is 38.4 Å². The third-order valence-electron chi connectivity index (χ3n) is 0.947. The van der Waals surface area contributed by atoms with Gasteiger partial charge < -0.3 is 0 Å². The Bertz CT molecular complexity index is 137. The van der Waals surface area contributed by atoms with Crippen molar-refractivity contribution in [3.05, 3.63) is 12.3 Å². The number of aliphatic imine (C=N–C) groups is 1. The van der Waals surface area contributed by atoms with Crippen molar-refractivity contribution in [3.63, 3.8) is 0 Å². The molecule has 2 N–H and O–H groups in total. The first-order chi connectivity index (χ1) is 3.71. The molecule has 1 atom stereocenters. The lowest BCUT2D eigenvalue weighted by molar-refractivity contribution is 0.250. The maximum Gasteiger partial charge on any atom is 0.184 e. The zero-order valence-electron chi connectivity index (χ0n) is 4.34. The van der Waals surface area contributed by atoms with E-state index in [1.54, 1.807) is 0 Å². The molecule has 1 aliphatic rings.